The molecule has 0 saturated carbocycles. The molecule has 0 spiro atoms. The standard InChI is InChI=1S/C19H20FN3O2/c1-5-19(3,6-2)23-18(24)16-8-7-9-21-17(16)22-14-10-13(20)11-15(12-14)25-4/h1,7-12H,6H2,2-4H3,(H,21,22)(H,23,24)/t19-/m1/s1. The third-order valence-electron chi connectivity index (χ3n) is 3.84. The molecule has 6 heteroatoms. The van der Waals surface area contributed by atoms with Crippen molar-refractivity contribution in [2.24, 2.45) is 0 Å². The molecule has 1 aromatic heterocycles. The Morgan fingerprint density at radius 2 is 2.20 bits per heavy atom. The summed E-state index contributed by atoms with van der Waals surface area (Å²) in [4.78, 5) is 16.8. The molecule has 130 valence electrons. The molecule has 0 aliphatic carbocycles. The Bertz CT molecular complexity index is 817. The van der Waals surface area contributed by atoms with Crippen LogP contribution >= 0.6 is 0 Å². The lowest BCUT2D eigenvalue weighted by atomic mass is 9.99. The average Bonchev–Trinajstić information content (AvgIpc) is 2.61. The maximum absolute atomic E-state index is 13.6. The van der Waals surface area contributed by atoms with Crippen molar-refractivity contribution in [1.82, 2.24) is 10.3 Å². The lowest BCUT2D eigenvalue weighted by Crippen LogP contribution is -2.44. The molecule has 0 aliphatic heterocycles. The van der Waals surface area contributed by atoms with Gasteiger partial charge in [0.25, 0.3) is 5.91 Å². The summed E-state index contributed by atoms with van der Waals surface area (Å²) in [6.07, 6.45) is 7.62. The number of amides is 1. The van der Waals surface area contributed by atoms with Crippen molar-refractivity contribution < 1.29 is 13.9 Å². The van der Waals surface area contributed by atoms with E-state index in [0.29, 0.717) is 29.2 Å². The van der Waals surface area contributed by atoms with Gasteiger partial charge in [-0.25, -0.2) is 9.37 Å². The van der Waals surface area contributed by atoms with Crippen LogP contribution in [-0.4, -0.2) is 23.5 Å². The fourth-order valence-corrected chi connectivity index (χ4v) is 2.12. The van der Waals surface area contributed by atoms with Crippen LogP contribution in [0, 0.1) is 18.2 Å². The van der Waals surface area contributed by atoms with E-state index >= 15 is 0 Å². The van der Waals surface area contributed by atoms with Gasteiger partial charge in [0.2, 0.25) is 0 Å². The number of methoxy groups -OCH3 is 1. The number of nitrogens with one attached hydrogen (secondary N) is 2. The van der Waals surface area contributed by atoms with E-state index in [1.165, 1.54) is 25.4 Å². The second-order valence-corrected chi connectivity index (χ2v) is 5.69. The molecule has 0 unspecified atom stereocenters. The predicted octanol–water partition coefficient (Wildman–Crippen LogP) is 3.50. The first-order valence-corrected chi connectivity index (χ1v) is 7.77. The Balaban J connectivity index is 2.31. The highest BCUT2D eigenvalue weighted by molar-refractivity contribution is 6.00. The topological polar surface area (TPSA) is 63.2 Å². The largest absolute Gasteiger partial charge is 0.497 e. The van der Waals surface area contributed by atoms with Crippen molar-refractivity contribution in [1.29, 1.82) is 0 Å². The van der Waals surface area contributed by atoms with Gasteiger partial charge in [0, 0.05) is 24.0 Å². The molecule has 1 aromatic carbocycles. The number of benzene rings is 1. The summed E-state index contributed by atoms with van der Waals surface area (Å²) in [5.74, 6) is 2.41. The monoisotopic (exact) mass is 341 g/mol. The van der Waals surface area contributed by atoms with Crippen LogP contribution in [0.3, 0.4) is 0 Å². The SMILES string of the molecule is C#C[C@](C)(CC)NC(=O)c1cccnc1Nc1cc(F)cc(OC)c1. The van der Waals surface area contributed by atoms with Crippen LogP contribution in [0.25, 0.3) is 0 Å². The molecule has 0 bridgehead atoms. The molecule has 25 heavy (non-hydrogen) atoms. The van der Waals surface area contributed by atoms with Crippen LogP contribution in [0.15, 0.2) is 36.5 Å². The molecule has 0 fully saturated rings. The first-order valence-electron chi connectivity index (χ1n) is 7.77. The van der Waals surface area contributed by atoms with E-state index in [2.05, 4.69) is 21.5 Å². The van der Waals surface area contributed by atoms with Gasteiger partial charge < -0.3 is 15.4 Å². The molecule has 1 amide bonds. The zero-order valence-electron chi connectivity index (χ0n) is 14.4. The fraction of sp³-hybridized carbons (Fsp3) is 0.263. The third-order valence-corrected chi connectivity index (χ3v) is 3.84. The highest BCUT2D eigenvalue weighted by Crippen LogP contribution is 2.24. The van der Waals surface area contributed by atoms with E-state index in [9.17, 15) is 9.18 Å². The lowest BCUT2D eigenvalue weighted by Gasteiger charge is -2.24. The predicted molar refractivity (Wildman–Crippen MR) is 95.5 cm³/mol. The summed E-state index contributed by atoms with van der Waals surface area (Å²) < 4.78 is 18.7. The first kappa shape index (κ1) is 18.3. The number of halogens is 1. The number of carbonyl (C=O) groups is 1. The highest BCUT2D eigenvalue weighted by Gasteiger charge is 2.23. The van der Waals surface area contributed by atoms with Crippen LogP contribution in [0.5, 0.6) is 5.75 Å². The molecule has 0 radical (unpaired) electrons. The van der Waals surface area contributed by atoms with Crippen LogP contribution < -0.4 is 15.4 Å². The van der Waals surface area contributed by atoms with E-state index < -0.39 is 11.4 Å². The first-order chi connectivity index (χ1) is 11.9. The van der Waals surface area contributed by atoms with Gasteiger partial charge in [-0.15, -0.1) is 6.42 Å². The van der Waals surface area contributed by atoms with Crippen molar-refractivity contribution in [3.8, 4) is 18.1 Å². The van der Waals surface area contributed by atoms with Gasteiger partial charge in [0.1, 0.15) is 17.4 Å². The number of hydrogen-bond acceptors (Lipinski definition) is 4. The molecule has 2 N–H and O–H groups in total. The number of ether oxygens (including phenoxy) is 1. The maximum Gasteiger partial charge on any atom is 0.256 e. The Hall–Kier alpha value is -3.07. The minimum atomic E-state index is -0.758. The molecule has 0 aliphatic rings. The van der Waals surface area contributed by atoms with Gasteiger partial charge in [-0.05, 0) is 31.5 Å². The van der Waals surface area contributed by atoms with Gasteiger partial charge >= 0.3 is 0 Å². The number of terminal acetylenes is 1. The van der Waals surface area contributed by atoms with E-state index in [0.717, 1.165) is 0 Å². The molecular weight excluding hydrogens is 321 g/mol. The number of hydrogen-bond donors (Lipinski definition) is 2. The molecular formula is C19H20FN3O2. The van der Waals surface area contributed by atoms with Gasteiger partial charge in [-0.3, -0.25) is 4.79 Å². The Labute approximate surface area is 146 Å². The molecule has 5 nitrogen and oxygen atoms in total. The number of rotatable bonds is 6. The van der Waals surface area contributed by atoms with Crippen LogP contribution in [0.2, 0.25) is 0 Å². The molecule has 2 rings (SSSR count). The number of carbonyl (C=O) groups excluding carboxylic acids is 1. The minimum Gasteiger partial charge on any atom is -0.497 e. The van der Waals surface area contributed by atoms with Gasteiger partial charge in [0.15, 0.2) is 0 Å². The summed E-state index contributed by atoms with van der Waals surface area (Å²) in [5.41, 5.74) is -0.0350. The van der Waals surface area contributed by atoms with Crippen molar-refractivity contribution in [2.75, 3.05) is 12.4 Å². The summed E-state index contributed by atoms with van der Waals surface area (Å²) in [5, 5.41) is 5.76. The molecule has 1 heterocycles. The molecule has 2 aromatic rings. The quantitative estimate of drug-likeness (QED) is 0.790. The van der Waals surface area contributed by atoms with E-state index in [4.69, 9.17) is 11.2 Å². The fourth-order valence-electron chi connectivity index (χ4n) is 2.12. The van der Waals surface area contributed by atoms with Crippen LogP contribution in [0.1, 0.15) is 30.6 Å². The van der Waals surface area contributed by atoms with Crippen molar-refractivity contribution in [2.45, 2.75) is 25.8 Å². The third kappa shape index (κ3) is 4.48. The van der Waals surface area contributed by atoms with Crippen molar-refractivity contribution in [3.05, 3.63) is 47.9 Å². The van der Waals surface area contributed by atoms with Crippen molar-refractivity contribution >= 4 is 17.4 Å². The molecule has 1 atom stereocenters. The zero-order valence-corrected chi connectivity index (χ0v) is 14.4. The number of nitrogens with zero attached hydrogens (tertiary/aromatic N) is 1. The van der Waals surface area contributed by atoms with Gasteiger partial charge in [-0.1, -0.05) is 12.8 Å². The lowest BCUT2D eigenvalue weighted by molar-refractivity contribution is 0.0924. The van der Waals surface area contributed by atoms with E-state index in [-0.39, 0.29) is 5.91 Å². The summed E-state index contributed by atoms with van der Waals surface area (Å²) >= 11 is 0. The van der Waals surface area contributed by atoms with Crippen molar-refractivity contribution in [3.63, 3.8) is 0 Å². The van der Waals surface area contributed by atoms with Gasteiger partial charge in [-0.2, -0.15) is 0 Å². The number of anilines is 2. The normalized spacial score (nSPS) is 12.6. The van der Waals surface area contributed by atoms with E-state index in [1.54, 1.807) is 25.1 Å². The second-order valence-electron chi connectivity index (χ2n) is 5.69. The Morgan fingerprint density at radius 3 is 2.84 bits per heavy atom. The van der Waals surface area contributed by atoms with Gasteiger partial charge in [0.05, 0.1) is 18.2 Å². The minimum absolute atomic E-state index is 0.295. The number of aromatic nitrogens is 1. The average molecular weight is 341 g/mol. The highest BCUT2D eigenvalue weighted by atomic mass is 19.1. The Morgan fingerprint density at radius 1 is 1.44 bits per heavy atom. The van der Waals surface area contributed by atoms with Crippen LogP contribution in [0.4, 0.5) is 15.9 Å². The maximum atomic E-state index is 13.6. The summed E-state index contributed by atoms with van der Waals surface area (Å²) in [6, 6.07) is 7.42. The number of pyridine rings is 1. The second kappa shape index (κ2) is 7.67. The van der Waals surface area contributed by atoms with E-state index in [1.807, 2.05) is 6.92 Å². The molecule has 0 saturated heterocycles. The summed E-state index contributed by atoms with van der Waals surface area (Å²) in [6.45, 7) is 3.66. The van der Waals surface area contributed by atoms with Crippen LogP contribution in [-0.2, 0) is 0 Å². The smallest absolute Gasteiger partial charge is 0.256 e. The Kier molecular flexibility index (Phi) is 5.60. The zero-order chi connectivity index (χ0) is 18.4. The summed E-state index contributed by atoms with van der Waals surface area (Å²) in [7, 11) is 1.45.